The van der Waals surface area contributed by atoms with Crippen LogP contribution in [0.25, 0.3) is 0 Å². The van der Waals surface area contributed by atoms with Gasteiger partial charge in [0.05, 0.1) is 30.4 Å². The molecule has 138 valence electrons. The molecule has 0 aliphatic carbocycles. The zero-order chi connectivity index (χ0) is 18.5. The van der Waals surface area contributed by atoms with Gasteiger partial charge in [-0.15, -0.1) is 0 Å². The molecule has 1 aromatic heterocycles. The number of ether oxygens (including phenoxy) is 1. The number of nitrogens with zero attached hydrogens (tertiary/aromatic N) is 2. The van der Waals surface area contributed by atoms with Gasteiger partial charge in [-0.2, -0.15) is 5.10 Å². The molecule has 0 unspecified atom stereocenters. The molecule has 2 aliphatic heterocycles. The molecule has 1 fully saturated rings. The van der Waals surface area contributed by atoms with Gasteiger partial charge in [0.1, 0.15) is 11.6 Å². The smallest absolute Gasteiger partial charge is 0.226 e. The van der Waals surface area contributed by atoms with Crippen LogP contribution >= 0.6 is 0 Å². The van der Waals surface area contributed by atoms with Gasteiger partial charge in [-0.25, -0.2) is 13.1 Å². The minimum atomic E-state index is -3.04. The molecule has 0 saturated carbocycles. The molecule has 0 radical (unpaired) electrons. The summed E-state index contributed by atoms with van der Waals surface area (Å²) in [5.74, 6) is 1.31. The van der Waals surface area contributed by atoms with Crippen LogP contribution in [0.4, 0.5) is 5.82 Å². The first-order chi connectivity index (χ1) is 12.4. The summed E-state index contributed by atoms with van der Waals surface area (Å²) in [5, 5.41) is 7.52. The van der Waals surface area contributed by atoms with E-state index in [1.807, 2.05) is 31.2 Å². The summed E-state index contributed by atoms with van der Waals surface area (Å²) in [4.78, 5) is 12.4. The van der Waals surface area contributed by atoms with Gasteiger partial charge in [-0.3, -0.25) is 4.79 Å². The fourth-order valence-electron chi connectivity index (χ4n) is 4.02. The lowest BCUT2D eigenvalue weighted by Crippen LogP contribution is -2.26. The summed E-state index contributed by atoms with van der Waals surface area (Å²) in [5.41, 5.74) is 2.69. The Bertz CT molecular complexity index is 980. The second-order valence-corrected chi connectivity index (χ2v) is 9.12. The number of amides is 1. The summed E-state index contributed by atoms with van der Waals surface area (Å²) in [6.07, 6.45) is 0.827. The van der Waals surface area contributed by atoms with Gasteiger partial charge in [0.25, 0.3) is 0 Å². The van der Waals surface area contributed by atoms with Crippen molar-refractivity contribution in [1.29, 1.82) is 0 Å². The van der Waals surface area contributed by atoms with Crippen molar-refractivity contribution in [1.82, 2.24) is 9.78 Å². The van der Waals surface area contributed by atoms with Crippen LogP contribution in [0, 0.1) is 6.92 Å². The maximum Gasteiger partial charge on any atom is 0.226 e. The van der Waals surface area contributed by atoms with Crippen molar-refractivity contribution in [2.75, 3.05) is 23.9 Å². The van der Waals surface area contributed by atoms with Crippen molar-refractivity contribution in [3.05, 3.63) is 41.1 Å². The van der Waals surface area contributed by atoms with Gasteiger partial charge >= 0.3 is 0 Å². The van der Waals surface area contributed by atoms with E-state index in [4.69, 9.17) is 4.74 Å². The van der Waals surface area contributed by atoms with E-state index in [-0.39, 0.29) is 29.4 Å². The Morgan fingerprint density at radius 1 is 1.31 bits per heavy atom. The fourth-order valence-corrected chi connectivity index (χ4v) is 5.72. The highest BCUT2D eigenvalue weighted by Crippen LogP contribution is 2.43. The van der Waals surface area contributed by atoms with E-state index < -0.39 is 9.84 Å². The van der Waals surface area contributed by atoms with Crippen molar-refractivity contribution >= 4 is 21.6 Å². The summed E-state index contributed by atoms with van der Waals surface area (Å²) in [6, 6.07) is 7.42. The van der Waals surface area contributed by atoms with Gasteiger partial charge in [0, 0.05) is 23.5 Å². The molecule has 1 N–H and O–H groups in total. The van der Waals surface area contributed by atoms with Crippen LogP contribution in [-0.4, -0.2) is 42.7 Å². The number of rotatable bonds is 3. The third kappa shape index (κ3) is 2.78. The summed E-state index contributed by atoms with van der Waals surface area (Å²) in [6.45, 7) is 1.90. The van der Waals surface area contributed by atoms with Crippen LogP contribution in [0.15, 0.2) is 24.3 Å². The van der Waals surface area contributed by atoms with Crippen molar-refractivity contribution in [3.8, 4) is 5.75 Å². The standard InChI is InChI=1S/C18H21N3O4S/c1-11-17-14(13-5-3-4-6-15(13)25-2)9-16(22)19-18(17)21(20-11)12-7-8-26(23,24)10-12/h3-6,12,14H,7-10H2,1-2H3,(H,19,22)/t12-,14+/m0/s1. The van der Waals surface area contributed by atoms with E-state index >= 15 is 0 Å². The van der Waals surface area contributed by atoms with Crippen molar-refractivity contribution in [3.63, 3.8) is 0 Å². The van der Waals surface area contributed by atoms with Crippen molar-refractivity contribution < 1.29 is 17.9 Å². The van der Waals surface area contributed by atoms with Gasteiger partial charge in [0.2, 0.25) is 5.91 Å². The Hall–Kier alpha value is -2.35. The molecule has 26 heavy (non-hydrogen) atoms. The number of methoxy groups -OCH3 is 1. The third-order valence-corrected chi connectivity index (χ3v) is 6.95. The summed E-state index contributed by atoms with van der Waals surface area (Å²) < 4.78 is 30.9. The zero-order valence-electron chi connectivity index (χ0n) is 14.7. The molecular formula is C18H21N3O4S. The van der Waals surface area contributed by atoms with Gasteiger partial charge in [-0.1, -0.05) is 18.2 Å². The van der Waals surface area contributed by atoms with Crippen LogP contribution < -0.4 is 10.1 Å². The number of aryl methyl sites for hydroxylation is 1. The maximum atomic E-state index is 12.4. The lowest BCUT2D eigenvalue weighted by atomic mass is 9.85. The van der Waals surface area contributed by atoms with E-state index in [1.54, 1.807) is 11.8 Å². The molecule has 1 aromatic carbocycles. The lowest BCUT2D eigenvalue weighted by molar-refractivity contribution is -0.116. The van der Waals surface area contributed by atoms with Crippen LogP contribution in [0.1, 0.15) is 41.6 Å². The number of carbonyl (C=O) groups is 1. The van der Waals surface area contributed by atoms with E-state index in [0.717, 1.165) is 22.6 Å². The molecular weight excluding hydrogens is 354 g/mol. The first-order valence-electron chi connectivity index (χ1n) is 8.62. The predicted molar refractivity (Wildman–Crippen MR) is 97.4 cm³/mol. The second-order valence-electron chi connectivity index (χ2n) is 6.90. The van der Waals surface area contributed by atoms with Crippen LogP contribution in [0.5, 0.6) is 5.75 Å². The number of hydrogen-bond donors (Lipinski definition) is 1. The average Bonchev–Trinajstić information content (AvgIpc) is 3.13. The third-order valence-electron chi connectivity index (χ3n) is 5.20. The highest BCUT2D eigenvalue weighted by molar-refractivity contribution is 7.91. The number of fused-ring (bicyclic) bond motifs is 1. The van der Waals surface area contributed by atoms with E-state index in [2.05, 4.69) is 10.4 Å². The number of benzene rings is 1. The van der Waals surface area contributed by atoms with E-state index in [1.165, 1.54) is 0 Å². The Morgan fingerprint density at radius 3 is 2.77 bits per heavy atom. The fraction of sp³-hybridized carbons (Fsp3) is 0.444. The minimum absolute atomic E-state index is 0.0652. The van der Waals surface area contributed by atoms with E-state index in [9.17, 15) is 13.2 Å². The molecule has 1 saturated heterocycles. The quantitative estimate of drug-likeness (QED) is 0.886. The zero-order valence-corrected chi connectivity index (χ0v) is 15.5. The topological polar surface area (TPSA) is 90.3 Å². The normalized spacial score (nSPS) is 24.2. The van der Waals surface area contributed by atoms with Crippen LogP contribution in [0.2, 0.25) is 0 Å². The molecule has 2 aliphatic rings. The SMILES string of the molecule is COc1ccccc1[C@H]1CC(=O)Nc2c1c(C)nn2[C@H]1CCS(=O)(=O)C1. The Labute approximate surface area is 152 Å². The Kier molecular flexibility index (Phi) is 4.02. The van der Waals surface area contributed by atoms with Crippen LogP contribution in [0.3, 0.4) is 0 Å². The maximum absolute atomic E-state index is 12.4. The molecule has 0 bridgehead atoms. The first kappa shape index (κ1) is 17.1. The lowest BCUT2D eigenvalue weighted by Gasteiger charge is -2.26. The number of anilines is 1. The Balaban J connectivity index is 1.83. The molecule has 8 heteroatoms. The number of carbonyl (C=O) groups excluding carboxylic acids is 1. The largest absolute Gasteiger partial charge is 0.496 e. The minimum Gasteiger partial charge on any atom is -0.496 e. The molecule has 2 aromatic rings. The second kappa shape index (κ2) is 6.12. The van der Waals surface area contributed by atoms with Gasteiger partial charge in [0.15, 0.2) is 9.84 Å². The molecule has 4 rings (SSSR count). The molecule has 1 amide bonds. The number of hydrogen-bond acceptors (Lipinski definition) is 5. The number of nitrogens with one attached hydrogen (secondary N) is 1. The number of sulfone groups is 1. The summed E-state index contributed by atoms with van der Waals surface area (Å²) >= 11 is 0. The molecule has 3 heterocycles. The molecule has 7 nitrogen and oxygen atoms in total. The number of para-hydroxylation sites is 1. The summed E-state index contributed by atoms with van der Waals surface area (Å²) in [7, 11) is -1.43. The molecule has 2 atom stereocenters. The Morgan fingerprint density at radius 2 is 2.08 bits per heavy atom. The monoisotopic (exact) mass is 375 g/mol. The predicted octanol–water partition coefficient (Wildman–Crippen LogP) is 2.03. The van der Waals surface area contributed by atoms with E-state index in [0.29, 0.717) is 18.7 Å². The molecule has 0 spiro atoms. The highest BCUT2D eigenvalue weighted by Gasteiger charge is 2.37. The highest BCUT2D eigenvalue weighted by atomic mass is 32.2. The van der Waals surface area contributed by atoms with Gasteiger partial charge in [-0.05, 0) is 19.4 Å². The first-order valence-corrected chi connectivity index (χ1v) is 10.4. The van der Waals surface area contributed by atoms with Crippen molar-refractivity contribution in [2.45, 2.75) is 31.7 Å². The average molecular weight is 375 g/mol. The van der Waals surface area contributed by atoms with Crippen molar-refractivity contribution in [2.24, 2.45) is 0 Å². The number of aromatic nitrogens is 2. The van der Waals surface area contributed by atoms with Crippen LogP contribution in [-0.2, 0) is 14.6 Å². The van der Waals surface area contributed by atoms with Gasteiger partial charge < -0.3 is 10.1 Å².